The molecule has 0 bridgehead atoms. The van der Waals surface area contributed by atoms with Crippen molar-refractivity contribution in [3.05, 3.63) is 0 Å². The van der Waals surface area contributed by atoms with Gasteiger partial charge in [0.2, 0.25) is 0 Å². The molecule has 2 amide bonds. The molecule has 56 valence electrons. The molecule has 0 saturated heterocycles. The second kappa shape index (κ2) is 7.26. The van der Waals surface area contributed by atoms with Gasteiger partial charge in [-0.3, -0.25) is 0 Å². The minimum Gasteiger partial charge on any atom is -0.790 e. The van der Waals surface area contributed by atoms with E-state index in [1.54, 1.807) is 0 Å². The quantitative estimate of drug-likeness (QED) is 0.260. The largest absolute Gasteiger partial charge is 2.00 e. The summed E-state index contributed by atoms with van der Waals surface area (Å²) < 4.78 is 8.66. The summed E-state index contributed by atoms with van der Waals surface area (Å²) in [6, 6.07) is -0.833. The Kier molecular flexibility index (Phi) is 12.1. The number of primary amides is 2. The summed E-state index contributed by atoms with van der Waals surface area (Å²) in [5, 5.41) is 0. The van der Waals surface area contributed by atoms with Crippen LogP contribution in [0.25, 0.3) is 0 Å². The molecule has 5 N–H and O–H groups in total. The van der Waals surface area contributed by atoms with Crippen LogP contribution in [-0.4, -0.2) is 34.0 Å². The summed E-state index contributed by atoms with van der Waals surface area (Å²) >= 11 is 0. The Hall–Kier alpha value is 0.146. The molecular weight excluding hydrogens is 175 g/mol. The number of phosphoric acid groups is 1. The molecule has 10 heavy (non-hydrogen) atoms. The fraction of sp³-hybridized carbons (Fsp3) is 0. The monoisotopic (exact) mass is 180 g/mol. The molecule has 0 aliphatic rings. The normalized spacial score (nSPS) is 8.30. The van der Waals surface area contributed by atoms with Crippen molar-refractivity contribution in [1.82, 2.24) is 0 Å². The second-order valence-electron chi connectivity index (χ2n) is 0.871. The molecule has 0 aromatic heterocycles. The van der Waals surface area contributed by atoms with Crippen LogP contribution in [0.3, 0.4) is 0 Å². The minimum absolute atomic E-state index is 0. The fourth-order valence-electron chi connectivity index (χ4n) is 0. The number of urea groups is 1. The summed E-state index contributed by atoms with van der Waals surface area (Å²) in [6.07, 6.45) is 0. The van der Waals surface area contributed by atoms with Crippen LogP contribution in [0, 0.1) is 0 Å². The van der Waals surface area contributed by atoms with Crippen LogP contribution >= 0.6 is 7.82 Å². The molecule has 0 aromatic carbocycles. The average Bonchev–Trinajstić information content (AvgIpc) is 1.19. The number of carbonyl (C=O) groups excluding carboxylic acids is 1. The van der Waals surface area contributed by atoms with Gasteiger partial charge in [-0.2, -0.15) is 0 Å². The number of hydrogen-bond donors (Lipinski definition) is 3. The van der Waals surface area contributed by atoms with E-state index in [4.69, 9.17) is 24.0 Å². The zero-order chi connectivity index (χ0) is 8.08. The summed E-state index contributed by atoms with van der Waals surface area (Å²) in [5.74, 6) is 0. The maximum absolute atomic E-state index is 9.00. The van der Waals surface area contributed by atoms with Gasteiger partial charge in [0.05, 0.1) is 7.82 Å². The van der Waals surface area contributed by atoms with Crippen LogP contribution in [0.4, 0.5) is 4.79 Å². The summed E-state index contributed by atoms with van der Waals surface area (Å²) in [7, 11) is -5.14. The number of amides is 2. The third kappa shape index (κ3) is 19500. The van der Waals surface area contributed by atoms with Crippen LogP contribution in [0.1, 0.15) is 0 Å². The van der Waals surface area contributed by atoms with E-state index in [2.05, 4.69) is 11.5 Å². The smallest absolute Gasteiger partial charge is 0.790 e. The van der Waals surface area contributed by atoms with Crippen molar-refractivity contribution in [2.45, 2.75) is 0 Å². The number of rotatable bonds is 0. The van der Waals surface area contributed by atoms with Gasteiger partial charge in [0.25, 0.3) is 0 Å². The van der Waals surface area contributed by atoms with Gasteiger partial charge < -0.3 is 30.7 Å². The molecule has 0 saturated carbocycles. The van der Waals surface area contributed by atoms with Crippen molar-refractivity contribution in [1.29, 1.82) is 0 Å². The van der Waals surface area contributed by atoms with Crippen molar-refractivity contribution in [3.8, 4) is 0 Å². The third-order valence-electron chi connectivity index (χ3n) is 0. The van der Waals surface area contributed by atoms with Crippen molar-refractivity contribution in [2.75, 3.05) is 0 Å². The summed E-state index contributed by atoms with van der Waals surface area (Å²) in [4.78, 5) is 33.3. The molecule has 0 aliphatic carbocycles. The molecule has 0 atom stereocenters. The van der Waals surface area contributed by atoms with Gasteiger partial charge in [-0.25, -0.2) is 4.79 Å². The first-order valence-electron chi connectivity index (χ1n) is 1.53. The Morgan fingerprint density at radius 2 is 1.40 bits per heavy atom. The van der Waals surface area contributed by atoms with E-state index in [0.29, 0.717) is 0 Å². The van der Waals surface area contributed by atoms with Crippen molar-refractivity contribution in [2.24, 2.45) is 11.5 Å². The molecule has 0 heterocycles. The Balaban J connectivity index is -0.0000000910. The topological polar surface area (TPSA) is 153 Å². The predicted molar refractivity (Wildman–Crippen MR) is 29.4 cm³/mol. The molecule has 0 aliphatic heterocycles. The Labute approximate surface area is 72.8 Å². The van der Waals surface area contributed by atoms with E-state index in [1.807, 2.05) is 0 Å². The molecule has 0 aromatic rings. The van der Waals surface area contributed by atoms with E-state index in [9.17, 15) is 0 Å². The molecule has 9 heteroatoms. The van der Waals surface area contributed by atoms with E-state index in [-0.39, 0.29) is 23.1 Å². The molecule has 0 rings (SSSR count). The van der Waals surface area contributed by atoms with Crippen molar-refractivity contribution in [3.63, 3.8) is 0 Å². The minimum atomic E-state index is -5.14. The van der Waals surface area contributed by atoms with Gasteiger partial charge in [-0.1, -0.05) is 0 Å². The molecule has 0 unspecified atom stereocenters. The van der Waals surface area contributed by atoms with Crippen LogP contribution in [0.15, 0.2) is 0 Å². The maximum Gasteiger partial charge on any atom is 2.00 e. The molecule has 7 nitrogen and oxygen atoms in total. The van der Waals surface area contributed by atoms with Crippen LogP contribution in [0.2, 0.25) is 0 Å². The Morgan fingerprint density at radius 3 is 1.40 bits per heavy atom. The SMILES string of the molecule is NC(N)=O.O=P([O-])([O-])O.[Mg+2]. The van der Waals surface area contributed by atoms with Crippen LogP contribution in [0.5, 0.6) is 0 Å². The van der Waals surface area contributed by atoms with Crippen LogP contribution in [-0.2, 0) is 4.57 Å². The van der Waals surface area contributed by atoms with E-state index in [0.717, 1.165) is 0 Å². The number of carbonyl (C=O) groups is 1. The van der Waals surface area contributed by atoms with Crippen LogP contribution < -0.4 is 21.3 Å². The van der Waals surface area contributed by atoms with Gasteiger partial charge in [0, 0.05) is 0 Å². The molecule has 0 spiro atoms. The molecule has 0 fully saturated rings. The molecular formula is CH5MgN2O5P. The second-order valence-corrected chi connectivity index (χ2v) is 1.81. The fourth-order valence-corrected chi connectivity index (χ4v) is 0. The predicted octanol–water partition coefficient (Wildman–Crippen LogP) is -3.55. The van der Waals surface area contributed by atoms with Gasteiger partial charge in [0.15, 0.2) is 0 Å². The zero-order valence-corrected chi connectivity index (χ0v) is 7.20. The zero-order valence-electron chi connectivity index (χ0n) is 4.89. The first-order chi connectivity index (χ1) is 3.73. The standard InChI is InChI=1S/CH4N2O.Mg.H3O4P/c2-1(3)4;;1-5(2,3)4/h(H4,2,3,4);;(H3,1,2,3,4)/q;+2;/p-2. The summed E-state index contributed by atoms with van der Waals surface area (Å²) in [6.45, 7) is 0. The van der Waals surface area contributed by atoms with Gasteiger partial charge in [-0.15, -0.1) is 0 Å². The van der Waals surface area contributed by atoms with Crippen molar-refractivity contribution >= 4 is 36.9 Å². The van der Waals surface area contributed by atoms with E-state index >= 15 is 0 Å². The summed E-state index contributed by atoms with van der Waals surface area (Å²) in [5.41, 5.74) is 8.50. The van der Waals surface area contributed by atoms with E-state index < -0.39 is 13.9 Å². The first-order valence-corrected chi connectivity index (χ1v) is 3.02. The van der Waals surface area contributed by atoms with Gasteiger partial charge in [0.1, 0.15) is 0 Å². The Morgan fingerprint density at radius 1 is 1.40 bits per heavy atom. The Bertz CT molecular complexity index is 119. The van der Waals surface area contributed by atoms with Gasteiger partial charge >= 0.3 is 29.1 Å². The van der Waals surface area contributed by atoms with E-state index in [1.165, 1.54) is 0 Å². The van der Waals surface area contributed by atoms with Gasteiger partial charge in [-0.05, 0) is 0 Å². The number of nitrogens with two attached hydrogens (primary N) is 2. The first kappa shape index (κ1) is 16.6. The third-order valence-corrected chi connectivity index (χ3v) is 0. The maximum atomic E-state index is 9.00. The average molecular weight is 180 g/mol. The van der Waals surface area contributed by atoms with Crippen molar-refractivity contribution < 1.29 is 24.0 Å². The number of hydrogen-bond acceptors (Lipinski definition) is 4. The molecule has 0 radical (unpaired) electrons.